The molecule has 2 aromatic heterocycles. The molecule has 1 aromatic carbocycles. The van der Waals surface area contributed by atoms with Crippen molar-refractivity contribution in [1.82, 2.24) is 14.8 Å². The lowest BCUT2D eigenvalue weighted by molar-refractivity contribution is -0.134. The van der Waals surface area contributed by atoms with Crippen molar-refractivity contribution in [3.05, 3.63) is 69.7 Å². The Morgan fingerprint density at radius 2 is 1.61 bits per heavy atom. The van der Waals surface area contributed by atoms with Gasteiger partial charge in [-0.05, 0) is 32.0 Å². The maximum Gasteiger partial charge on any atom is 0.328 e. The van der Waals surface area contributed by atoms with Gasteiger partial charge >= 0.3 is 11.9 Å². The summed E-state index contributed by atoms with van der Waals surface area (Å²) in [6.07, 6.45) is 4.01. The number of carbonyl (C=O) groups is 4. The number of hydrogen-bond donors (Lipinski definition) is 2. The average molecular weight is 606 g/mol. The van der Waals surface area contributed by atoms with E-state index >= 15 is 0 Å². The van der Waals surface area contributed by atoms with Gasteiger partial charge in [-0.2, -0.15) is 0 Å². The van der Waals surface area contributed by atoms with E-state index in [4.69, 9.17) is 42.6 Å². The number of halogens is 2. The summed E-state index contributed by atoms with van der Waals surface area (Å²) in [6, 6.07) is 5.38. The molecule has 1 aliphatic rings. The number of pyridine rings is 1. The number of rotatable bonds is 8. The molecule has 1 fully saturated rings. The molecule has 0 radical (unpaired) electrons. The van der Waals surface area contributed by atoms with E-state index in [1.54, 1.807) is 23.1 Å². The lowest BCUT2D eigenvalue weighted by atomic mass is 10.00. The van der Waals surface area contributed by atoms with Crippen LogP contribution in [-0.4, -0.2) is 88.0 Å². The lowest BCUT2D eigenvalue weighted by Gasteiger charge is -2.36. The molecule has 3 aromatic rings. The summed E-state index contributed by atoms with van der Waals surface area (Å²) in [6.45, 7) is 7.15. The van der Waals surface area contributed by atoms with Gasteiger partial charge in [0.2, 0.25) is 0 Å². The average Bonchev–Trinajstić information content (AvgIpc) is 3.39. The standard InChI is InChI=1S/C24H25Cl2N3O4.C4H4O4/c1-14(2)28-6-8-29(9-7-28)24(31)22-11-16-15(4-5-21(32-3)23(16)33-22)20(30)10-17-18(25)12-27-13-19(17)26;5-3(6)1-2-4(7)8/h4-5,11-14H,6-10H2,1-3H3;1-2H,(H,5,6)(H,7,8)/b;2-1+. The maximum absolute atomic E-state index is 13.2. The fraction of sp³-hybridized carbons (Fsp3) is 0.321. The van der Waals surface area contributed by atoms with Crippen molar-refractivity contribution in [2.75, 3.05) is 33.3 Å². The second kappa shape index (κ2) is 14.1. The van der Waals surface area contributed by atoms with Crippen molar-refractivity contribution in [3.63, 3.8) is 0 Å². The molecule has 0 atom stereocenters. The Bertz CT molecular complexity index is 1440. The molecule has 11 nitrogen and oxygen atoms in total. The van der Waals surface area contributed by atoms with E-state index in [1.165, 1.54) is 19.5 Å². The third-order valence-electron chi connectivity index (χ3n) is 6.37. The molecule has 41 heavy (non-hydrogen) atoms. The summed E-state index contributed by atoms with van der Waals surface area (Å²) < 4.78 is 11.3. The number of Topliss-reactive ketones (excluding diaryl/α,β-unsaturated/α-hetero) is 1. The Morgan fingerprint density at radius 1 is 1.02 bits per heavy atom. The highest BCUT2D eigenvalue weighted by Gasteiger charge is 2.27. The molecule has 1 amide bonds. The molecule has 0 bridgehead atoms. The van der Waals surface area contributed by atoms with Gasteiger partial charge in [0, 0.05) is 79.7 Å². The Hall–Kier alpha value is -3.93. The summed E-state index contributed by atoms with van der Waals surface area (Å²) in [7, 11) is 1.52. The largest absolute Gasteiger partial charge is 0.493 e. The van der Waals surface area contributed by atoms with Crippen LogP contribution < -0.4 is 4.74 Å². The first-order valence-corrected chi connectivity index (χ1v) is 13.3. The Balaban J connectivity index is 0.000000507. The molecule has 0 spiro atoms. The quantitative estimate of drug-likeness (QED) is 0.278. The number of carbonyl (C=O) groups excluding carboxylic acids is 2. The zero-order chi connectivity index (χ0) is 30.3. The zero-order valence-corrected chi connectivity index (χ0v) is 24.1. The maximum atomic E-state index is 13.2. The summed E-state index contributed by atoms with van der Waals surface area (Å²) in [5.41, 5.74) is 1.27. The van der Waals surface area contributed by atoms with Crippen LogP contribution >= 0.6 is 23.2 Å². The first kappa shape index (κ1) is 31.6. The Labute approximate surface area is 245 Å². The number of nitrogens with zero attached hydrogens (tertiary/aromatic N) is 3. The van der Waals surface area contributed by atoms with Crippen LogP contribution in [0, 0.1) is 0 Å². The number of piperazine rings is 1. The molecule has 0 unspecified atom stereocenters. The monoisotopic (exact) mass is 605 g/mol. The number of ketones is 1. The van der Waals surface area contributed by atoms with Crippen molar-refractivity contribution in [3.8, 4) is 5.75 Å². The molecule has 3 heterocycles. The minimum atomic E-state index is -1.26. The van der Waals surface area contributed by atoms with Gasteiger partial charge in [0.05, 0.1) is 17.2 Å². The van der Waals surface area contributed by atoms with Gasteiger partial charge in [0.25, 0.3) is 5.91 Å². The molecule has 1 saturated heterocycles. The van der Waals surface area contributed by atoms with Gasteiger partial charge in [0.15, 0.2) is 22.9 Å². The second-order valence-electron chi connectivity index (χ2n) is 9.28. The number of benzene rings is 1. The number of hydrogen-bond acceptors (Lipinski definition) is 8. The normalized spacial score (nSPS) is 13.8. The van der Waals surface area contributed by atoms with Crippen LogP contribution in [0.2, 0.25) is 10.0 Å². The molecule has 0 saturated carbocycles. The number of methoxy groups -OCH3 is 1. The first-order valence-electron chi connectivity index (χ1n) is 12.5. The van der Waals surface area contributed by atoms with Gasteiger partial charge in [-0.15, -0.1) is 0 Å². The molecular formula is C28H29Cl2N3O8. The van der Waals surface area contributed by atoms with E-state index in [2.05, 4.69) is 23.7 Å². The van der Waals surface area contributed by atoms with E-state index in [9.17, 15) is 19.2 Å². The molecule has 2 N–H and O–H groups in total. The lowest BCUT2D eigenvalue weighted by Crippen LogP contribution is -2.50. The summed E-state index contributed by atoms with van der Waals surface area (Å²) >= 11 is 12.4. The Morgan fingerprint density at radius 3 is 2.12 bits per heavy atom. The van der Waals surface area contributed by atoms with Crippen LogP contribution in [0.5, 0.6) is 5.75 Å². The molecule has 1 aliphatic heterocycles. The summed E-state index contributed by atoms with van der Waals surface area (Å²) in [4.78, 5) is 53.5. The van der Waals surface area contributed by atoms with Crippen LogP contribution in [0.15, 0.2) is 47.2 Å². The molecule has 13 heteroatoms. The fourth-order valence-electron chi connectivity index (χ4n) is 4.21. The van der Waals surface area contributed by atoms with Crippen LogP contribution in [0.1, 0.15) is 40.3 Å². The van der Waals surface area contributed by atoms with Gasteiger partial charge in [-0.3, -0.25) is 19.5 Å². The van der Waals surface area contributed by atoms with E-state index < -0.39 is 11.9 Å². The minimum Gasteiger partial charge on any atom is -0.493 e. The Kier molecular flexibility index (Phi) is 10.9. The van der Waals surface area contributed by atoms with Gasteiger partial charge in [0.1, 0.15) is 0 Å². The van der Waals surface area contributed by atoms with E-state index in [0.29, 0.717) is 69.2 Å². The number of carboxylic acid groups (broad SMARTS) is 2. The number of aliphatic carboxylic acids is 2. The van der Waals surface area contributed by atoms with E-state index in [0.717, 1.165) is 13.1 Å². The third-order valence-corrected chi connectivity index (χ3v) is 7.02. The molecule has 4 rings (SSSR count). The number of furan rings is 1. The van der Waals surface area contributed by atoms with Gasteiger partial charge in [-0.25, -0.2) is 9.59 Å². The van der Waals surface area contributed by atoms with Crippen LogP contribution in [0.25, 0.3) is 11.0 Å². The number of aromatic nitrogens is 1. The van der Waals surface area contributed by atoms with Crippen molar-refractivity contribution in [1.29, 1.82) is 0 Å². The molecule has 0 aliphatic carbocycles. The number of carboxylic acids is 2. The van der Waals surface area contributed by atoms with Crippen molar-refractivity contribution in [2.45, 2.75) is 26.3 Å². The summed E-state index contributed by atoms with van der Waals surface area (Å²) in [5.74, 6) is -2.29. The highest BCUT2D eigenvalue weighted by molar-refractivity contribution is 6.36. The molecule has 218 valence electrons. The second-order valence-corrected chi connectivity index (χ2v) is 10.1. The number of amides is 1. The van der Waals surface area contributed by atoms with Gasteiger partial charge < -0.3 is 24.3 Å². The van der Waals surface area contributed by atoms with E-state index in [1.807, 2.05) is 0 Å². The van der Waals surface area contributed by atoms with Crippen molar-refractivity contribution in [2.24, 2.45) is 0 Å². The fourth-order valence-corrected chi connectivity index (χ4v) is 4.71. The van der Waals surface area contributed by atoms with Crippen LogP contribution in [0.3, 0.4) is 0 Å². The van der Waals surface area contributed by atoms with Crippen molar-refractivity contribution < 1.29 is 38.5 Å². The number of ether oxygens (including phenoxy) is 1. The van der Waals surface area contributed by atoms with Crippen molar-refractivity contribution >= 4 is 57.8 Å². The zero-order valence-electron chi connectivity index (χ0n) is 22.6. The van der Waals surface area contributed by atoms with Crippen LogP contribution in [0.4, 0.5) is 0 Å². The van der Waals surface area contributed by atoms with Gasteiger partial charge in [-0.1, -0.05) is 23.2 Å². The highest BCUT2D eigenvalue weighted by atomic mass is 35.5. The first-order chi connectivity index (χ1) is 19.4. The minimum absolute atomic E-state index is 0.00671. The predicted octanol–water partition coefficient (Wildman–Crippen LogP) is 4.45. The van der Waals surface area contributed by atoms with Crippen LogP contribution in [-0.2, 0) is 16.0 Å². The highest BCUT2D eigenvalue weighted by Crippen LogP contribution is 2.34. The van der Waals surface area contributed by atoms with E-state index in [-0.39, 0.29) is 23.9 Å². The topological polar surface area (TPSA) is 150 Å². The smallest absolute Gasteiger partial charge is 0.328 e. The summed E-state index contributed by atoms with van der Waals surface area (Å²) in [5, 5.41) is 16.8. The predicted molar refractivity (Wildman–Crippen MR) is 152 cm³/mol. The number of fused-ring (bicyclic) bond motifs is 1. The SMILES string of the molecule is COc1ccc(C(=O)Cc2c(Cl)cncc2Cl)c2cc(C(=O)N3CCN(C(C)C)CC3)oc12.O=C(O)/C=C/C(=O)O. The third kappa shape index (κ3) is 8.06. The molecular weight excluding hydrogens is 577 g/mol.